The first kappa shape index (κ1) is 14.5. The van der Waals surface area contributed by atoms with E-state index >= 15 is 0 Å². The van der Waals surface area contributed by atoms with Crippen molar-refractivity contribution in [2.24, 2.45) is 0 Å². The molecule has 1 aromatic carbocycles. The second-order valence-electron chi connectivity index (χ2n) is 4.96. The number of sulfonamides is 1. The third kappa shape index (κ3) is 3.61. The van der Waals surface area contributed by atoms with E-state index in [1.54, 1.807) is 5.38 Å². The summed E-state index contributed by atoms with van der Waals surface area (Å²) in [4.78, 5) is 0. The van der Waals surface area contributed by atoms with Crippen LogP contribution in [0.1, 0.15) is 12.8 Å². The summed E-state index contributed by atoms with van der Waals surface area (Å²) < 4.78 is 36.8. The molecule has 1 fully saturated rings. The Bertz CT molecular complexity index is 692. The van der Waals surface area contributed by atoms with Crippen LogP contribution in [0.15, 0.2) is 35.7 Å². The van der Waals surface area contributed by atoms with Crippen LogP contribution in [0.5, 0.6) is 0 Å². The maximum absolute atomic E-state index is 12.2. The summed E-state index contributed by atoms with van der Waals surface area (Å²) in [6.07, 6.45) is 1.53. The molecule has 21 heavy (non-hydrogen) atoms. The minimum atomic E-state index is -3.43. The summed E-state index contributed by atoms with van der Waals surface area (Å²) in [6, 6.07) is 9.54. The molecule has 1 saturated heterocycles. The Labute approximate surface area is 128 Å². The zero-order valence-electron chi connectivity index (χ0n) is 11.4. The highest BCUT2D eigenvalue weighted by Crippen LogP contribution is 2.29. The molecule has 5 nitrogen and oxygen atoms in total. The average Bonchev–Trinajstić information content (AvgIpc) is 3.10. The number of hydrogen-bond acceptors (Lipinski definition) is 5. The highest BCUT2D eigenvalue weighted by molar-refractivity contribution is 7.92. The standard InChI is InChI=1S/C14H16N2O3S2/c17-21(18,10-12-7-4-8-19-12)16-13-9-20-15-14(13)11-5-2-1-3-6-11/h1-3,5-6,9,12,16H,4,7-8,10H2. The number of hydrogen-bond donors (Lipinski definition) is 1. The van der Waals surface area contributed by atoms with E-state index in [1.165, 1.54) is 11.5 Å². The number of nitrogens with zero attached hydrogens (tertiary/aromatic N) is 1. The van der Waals surface area contributed by atoms with Gasteiger partial charge in [-0.3, -0.25) is 4.72 Å². The molecule has 112 valence electrons. The van der Waals surface area contributed by atoms with Gasteiger partial charge in [0.25, 0.3) is 0 Å². The van der Waals surface area contributed by atoms with Crippen LogP contribution in [0, 0.1) is 0 Å². The van der Waals surface area contributed by atoms with Gasteiger partial charge in [0.1, 0.15) is 5.69 Å². The molecule has 3 rings (SSSR count). The third-order valence-electron chi connectivity index (χ3n) is 3.31. The van der Waals surface area contributed by atoms with Gasteiger partial charge in [-0.25, -0.2) is 8.42 Å². The second-order valence-corrected chi connectivity index (χ2v) is 7.36. The Hall–Kier alpha value is -1.44. The van der Waals surface area contributed by atoms with Gasteiger partial charge in [0.2, 0.25) is 10.0 Å². The van der Waals surface area contributed by atoms with Gasteiger partial charge in [0.05, 0.1) is 17.5 Å². The summed E-state index contributed by atoms with van der Waals surface area (Å²) in [7, 11) is -3.43. The molecule has 1 atom stereocenters. The van der Waals surface area contributed by atoms with E-state index in [4.69, 9.17) is 4.74 Å². The van der Waals surface area contributed by atoms with Crippen molar-refractivity contribution in [3.8, 4) is 11.3 Å². The van der Waals surface area contributed by atoms with Crippen molar-refractivity contribution < 1.29 is 13.2 Å². The van der Waals surface area contributed by atoms with Crippen LogP contribution in [0.3, 0.4) is 0 Å². The maximum atomic E-state index is 12.2. The van der Waals surface area contributed by atoms with E-state index in [9.17, 15) is 8.42 Å². The molecule has 0 saturated carbocycles. The molecular weight excluding hydrogens is 308 g/mol. The lowest BCUT2D eigenvalue weighted by Crippen LogP contribution is -2.25. The van der Waals surface area contributed by atoms with Crippen molar-refractivity contribution in [3.63, 3.8) is 0 Å². The monoisotopic (exact) mass is 324 g/mol. The first-order valence-electron chi connectivity index (χ1n) is 6.76. The Morgan fingerprint density at radius 3 is 2.86 bits per heavy atom. The fourth-order valence-corrected chi connectivity index (χ4v) is 4.38. The van der Waals surface area contributed by atoms with Crippen LogP contribution >= 0.6 is 11.5 Å². The minimum absolute atomic E-state index is 0.00290. The topological polar surface area (TPSA) is 68.3 Å². The molecule has 0 bridgehead atoms. The fourth-order valence-electron chi connectivity index (χ4n) is 2.34. The minimum Gasteiger partial charge on any atom is -0.377 e. The number of ether oxygens (including phenoxy) is 1. The van der Waals surface area contributed by atoms with Crippen LogP contribution in [-0.4, -0.2) is 31.3 Å². The van der Waals surface area contributed by atoms with Crippen molar-refractivity contribution in [3.05, 3.63) is 35.7 Å². The van der Waals surface area contributed by atoms with E-state index in [2.05, 4.69) is 9.10 Å². The molecule has 7 heteroatoms. The number of anilines is 1. The van der Waals surface area contributed by atoms with Gasteiger partial charge in [-0.05, 0) is 24.4 Å². The maximum Gasteiger partial charge on any atom is 0.235 e. The molecule has 0 amide bonds. The van der Waals surface area contributed by atoms with Crippen molar-refractivity contribution in [1.29, 1.82) is 0 Å². The first-order chi connectivity index (χ1) is 10.1. The van der Waals surface area contributed by atoms with Gasteiger partial charge in [-0.1, -0.05) is 30.3 Å². The highest BCUT2D eigenvalue weighted by Gasteiger charge is 2.24. The predicted molar refractivity (Wildman–Crippen MR) is 83.9 cm³/mol. The lowest BCUT2D eigenvalue weighted by Gasteiger charge is -2.12. The van der Waals surface area contributed by atoms with E-state index < -0.39 is 10.0 Å². The van der Waals surface area contributed by atoms with Crippen LogP contribution in [-0.2, 0) is 14.8 Å². The van der Waals surface area contributed by atoms with Crippen molar-refractivity contribution in [2.45, 2.75) is 18.9 Å². The average molecular weight is 324 g/mol. The zero-order chi connectivity index (χ0) is 14.7. The summed E-state index contributed by atoms with van der Waals surface area (Å²) in [6.45, 7) is 0.648. The molecular formula is C14H16N2O3S2. The fraction of sp³-hybridized carbons (Fsp3) is 0.357. The number of benzene rings is 1. The molecule has 1 unspecified atom stereocenters. The molecule has 1 aliphatic rings. The Balaban J connectivity index is 1.77. The molecule has 1 aliphatic heterocycles. The molecule has 2 heterocycles. The van der Waals surface area contributed by atoms with Gasteiger partial charge in [-0.15, -0.1) is 0 Å². The SMILES string of the molecule is O=S(=O)(CC1CCCO1)Nc1csnc1-c1ccccc1. The lowest BCUT2D eigenvalue weighted by atomic mass is 10.1. The molecule has 1 N–H and O–H groups in total. The second kappa shape index (κ2) is 6.13. The molecule has 0 spiro atoms. The van der Waals surface area contributed by atoms with Crippen LogP contribution in [0.25, 0.3) is 11.3 Å². The summed E-state index contributed by atoms with van der Waals surface area (Å²) >= 11 is 1.24. The normalized spacial score (nSPS) is 18.8. The lowest BCUT2D eigenvalue weighted by molar-refractivity contribution is 0.127. The molecule has 1 aromatic heterocycles. The van der Waals surface area contributed by atoms with Crippen molar-refractivity contribution in [1.82, 2.24) is 4.37 Å². The summed E-state index contributed by atoms with van der Waals surface area (Å²) in [5.41, 5.74) is 2.09. The van der Waals surface area contributed by atoms with Gasteiger partial charge in [-0.2, -0.15) is 4.37 Å². The van der Waals surface area contributed by atoms with E-state index in [0.717, 1.165) is 18.4 Å². The summed E-state index contributed by atoms with van der Waals surface area (Å²) in [5, 5.41) is 1.72. The van der Waals surface area contributed by atoms with Crippen LogP contribution in [0.4, 0.5) is 5.69 Å². The molecule has 0 aliphatic carbocycles. The van der Waals surface area contributed by atoms with Crippen LogP contribution in [0.2, 0.25) is 0 Å². The largest absolute Gasteiger partial charge is 0.377 e. The quantitative estimate of drug-likeness (QED) is 0.918. The van der Waals surface area contributed by atoms with Gasteiger partial charge >= 0.3 is 0 Å². The molecule has 0 radical (unpaired) electrons. The predicted octanol–water partition coefficient (Wildman–Crippen LogP) is 2.73. The third-order valence-corrected chi connectivity index (χ3v) is 5.28. The number of nitrogens with one attached hydrogen (secondary N) is 1. The van der Waals surface area contributed by atoms with E-state index in [1.807, 2.05) is 30.3 Å². The van der Waals surface area contributed by atoms with Gasteiger partial charge in [0, 0.05) is 17.6 Å². The summed E-state index contributed by atoms with van der Waals surface area (Å²) in [5.74, 6) is -0.00290. The molecule has 2 aromatic rings. The Kier molecular flexibility index (Phi) is 4.23. The first-order valence-corrected chi connectivity index (χ1v) is 9.25. The van der Waals surface area contributed by atoms with Gasteiger partial charge < -0.3 is 4.74 Å². The Morgan fingerprint density at radius 1 is 1.33 bits per heavy atom. The number of aromatic nitrogens is 1. The number of rotatable bonds is 5. The smallest absolute Gasteiger partial charge is 0.235 e. The highest BCUT2D eigenvalue weighted by atomic mass is 32.2. The van der Waals surface area contributed by atoms with E-state index in [0.29, 0.717) is 18.0 Å². The van der Waals surface area contributed by atoms with Crippen molar-refractivity contribution in [2.75, 3.05) is 17.1 Å². The Morgan fingerprint density at radius 2 is 2.14 bits per heavy atom. The van der Waals surface area contributed by atoms with Gasteiger partial charge in [0.15, 0.2) is 0 Å². The van der Waals surface area contributed by atoms with Crippen LogP contribution < -0.4 is 4.72 Å². The zero-order valence-corrected chi connectivity index (χ0v) is 13.0. The van der Waals surface area contributed by atoms with E-state index in [-0.39, 0.29) is 11.9 Å². The van der Waals surface area contributed by atoms with Crippen molar-refractivity contribution >= 4 is 27.2 Å².